The first-order valence-corrected chi connectivity index (χ1v) is 10.1. The van der Waals surface area contributed by atoms with Crippen molar-refractivity contribution in [3.63, 3.8) is 0 Å². The zero-order chi connectivity index (χ0) is 22.5. The Morgan fingerprint density at radius 1 is 0.844 bits per heavy atom. The quantitative estimate of drug-likeness (QED) is 0.344. The van der Waals surface area contributed by atoms with Gasteiger partial charge in [-0.15, -0.1) is 0 Å². The second-order valence-corrected chi connectivity index (χ2v) is 7.30. The van der Waals surface area contributed by atoms with Crippen LogP contribution in [0.5, 0.6) is 17.2 Å². The van der Waals surface area contributed by atoms with Crippen LogP contribution in [0, 0.1) is 11.6 Å². The molecule has 0 heterocycles. The van der Waals surface area contributed by atoms with Crippen LogP contribution >= 0.6 is 0 Å². The lowest BCUT2D eigenvalue weighted by atomic mass is 10.1. The van der Waals surface area contributed by atoms with E-state index in [1.165, 1.54) is 0 Å². The van der Waals surface area contributed by atoms with Gasteiger partial charge in [0.2, 0.25) is 0 Å². The van der Waals surface area contributed by atoms with E-state index in [1.807, 2.05) is 42.5 Å². The Balaban J connectivity index is 1.47. The predicted molar refractivity (Wildman–Crippen MR) is 117 cm³/mol. The number of aryl methyl sites for hydroxylation is 1. The van der Waals surface area contributed by atoms with Gasteiger partial charge in [-0.2, -0.15) is 0 Å². The SMILES string of the molecule is O=C(O)CCc1cc(F)c(OCc2cccc(Oc3cccc4ccccc34)c2)c(F)c1. The third-order valence-corrected chi connectivity index (χ3v) is 4.94. The lowest BCUT2D eigenvalue weighted by Gasteiger charge is -2.12. The second-order valence-electron chi connectivity index (χ2n) is 7.30. The first-order chi connectivity index (χ1) is 15.5. The maximum absolute atomic E-state index is 14.3. The van der Waals surface area contributed by atoms with Crippen molar-refractivity contribution in [3.8, 4) is 17.2 Å². The largest absolute Gasteiger partial charge is 0.483 e. The minimum atomic E-state index is -1.03. The molecule has 6 heteroatoms. The zero-order valence-corrected chi connectivity index (χ0v) is 17.1. The summed E-state index contributed by atoms with van der Waals surface area (Å²) in [6, 6.07) is 23.0. The third kappa shape index (κ3) is 5.03. The Bertz CT molecular complexity index is 1240. The summed E-state index contributed by atoms with van der Waals surface area (Å²) in [6.07, 6.45) is -0.167. The van der Waals surface area contributed by atoms with Crippen molar-refractivity contribution >= 4 is 16.7 Å². The van der Waals surface area contributed by atoms with E-state index in [2.05, 4.69) is 0 Å². The maximum atomic E-state index is 14.3. The average Bonchev–Trinajstić information content (AvgIpc) is 2.78. The predicted octanol–water partition coefficient (Wildman–Crippen LogP) is 6.51. The van der Waals surface area contributed by atoms with E-state index >= 15 is 0 Å². The number of hydrogen-bond acceptors (Lipinski definition) is 3. The average molecular weight is 434 g/mol. The summed E-state index contributed by atoms with van der Waals surface area (Å²) in [5.74, 6) is -1.98. The van der Waals surface area contributed by atoms with Gasteiger partial charge in [0.15, 0.2) is 17.4 Å². The van der Waals surface area contributed by atoms with Crippen LogP contribution in [-0.2, 0) is 17.8 Å². The third-order valence-electron chi connectivity index (χ3n) is 4.94. The van der Waals surface area contributed by atoms with E-state index in [9.17, 15) is 13.6 Å². The van der Waals surface area contributed by atoms with Gasteiger partial charge < -0.3 is 14.6 Å². The van der Waals surface area contributed by atoms with Gasteiger partial charge in [-0.25, -0.2) is 8.78 Å². The lowest BCUT2D eigenvalue weighted by Crippen LogP contribution is -2.03. The monoisotopic (exact) mass is 434 g/mol. The van der Waals surface area contributed by atoms with Crippen LogP contribution in [0.15, 0.2) is 78.9 Å². The Morgan fingerprint density at radius 3 is 2.34 bits per heavy atom. The molecule has 0 aromatic heterocycles. The van der Waals surface area contributed by atoms with E-state index in [0.29, 0.717) is 17.1 Å². The molecule has 0 saturated heterocycles. The van der Waals surface area contributed by atoms with Crippen molar-refractivity contribution < 1.29 is 28.2 Å². The summed E-state index contributed by atoms with van der Waals surface area (Å²) >= 11 is 0. The van der Waals surface area contributed by atoms with Gasteiger partial charge in [0.1, 0.15) is 18.1 Å². The number of carboxylic acid groups (broad SMARTS) is 1. The van der Waals surface area contributed by atoms with Gasteiger partial charge in [0, 0.05) is 11.8 Å². The number of halogens is 2. The smallest absolute Gasteiger partial charge is 0.303 e. The molecule has 0 spiro atoms. The summed E-state index contributed by atoms with van der Waals surface area (Å²) in [7, 11) is 0. The van der Waals surface area contributed by atoms with Crippen LogP contribution < -0.4 is 9.47 Å². The molecule has 4 nitrogen and oxygen atoms in total. The molecule has 32 heavy (non-hydrogen) atoms. The fraction of sp³-hybridized carbons (Fsp3) is 0.115. The van der Waals surface area contributed by atoms with Crippen molar-refractivity contribution in [2.24, 2.45) is 0 Å². The summed E-state index contributed by atoms with van der Waals surface area (Å²) in [5.41, 5.74) is 0.941. The zero-order valence-electron chi connectivity index (χ0n) is 17.1. The molecule has 0 bridgehead atoms. The molecule has 4 aromatic rings. The van der Waals surface area contributed by atoms with Crippen molar-refractivity contribution in [3.05, 3.63) is 102 Å². The van der Waals surface area contributed by atoms with E-state index in [1.54, 1.807) is 24.3 Å². The molecule has 0 atom stereocenters. The Morgan fingerprint density at radius 2 is 1.56 bits per heavy atom. The van der Waals surface area contributed by atoms with Crippen LogP contribution in [0.2, 0.25) is 0 Å². The van der Waals surface area contributed by atoms with Crippen molar-refractivity contribution in [1.29, 1.82) is 0 Å². The molecule has 0 unspecified atom stereocenters. The molecular weight excluding hydrogens is 414 g/mol. The highest BCUT2D eigenvalue weighted by atomic mass is 19.1. The topological polar surface area (TPSA) is 55.8 Å². The van der Waals surface area contributed by atoms with Gasteiger partial charge in [0.05, 0.1) is 0 Å². The minimum Gasteiger partial charge on any atom is -0.483 e. The molecule has 0 radical (unpaired) electrons. The second kappa shape index (κ2) is 9.47. The van der Waals surface area contributed by atoms with Gasteiger partial charge >= 0.3 is 5.97 Å². The molecule has 1 N–H and O–H groups in total. The number of carbonyl (C=O) groups is 1. The number of carboxylic acids is 1. The van der Waals surface area contributed by atoms with E-state index in [4.69, 9.17) is 14.6 Å². The fourth-order valence-corrected chi connectivity index (χ4v) is 3.41. The lowest BCUT2D eigenvalue weighted by molar-refractivity contribution is -0.136. The molecule has 0 aliphatic heterocycles. The molecule has 4 aromatic carbocycles. The highest BCUT2D eigenvalue weighted by molar-refractivity contribution is 5.88. The summed E-state index contributed by atoms with van der Waals surface area (Å²) in [4.78, 5) is 10.7. The van der Waals surface area contributed by atoms with Gasteiger partial charge in [-0.05, 0) is 53.3 Å². The fourth-order valence-electron chi connectivity index (χ4n) is 3.41. The van der Waals surface area contributed by atoms with E-state index < -0.39 is 23.4 Å². The standard InChI is InChI=1S/C26H20F2O4/c27-22-14-17(11-12-25(29)30)15-23(28)26(22)31-16-18-5-3-8-20(13-18)32-24-10-4-7-19-6-1-2-9-21(19)24/h1-10,13-15H,11-12,16H2,(H,29,30). The van der Waals surface area contributed by atoms with Crippen LogP contribution in [0.4, 0.5) is 8.78 Å². The first-order valence-electron chi connectivity index (χ1n) is 10.1. The normalized spacial score (nSPS) is 10.8. The highest BCUT2D eigenvalue weighted by Gasteiger charge is 2.14. The minimum absolute atomic E-state index is 0.0387. The number of hydrogen-bond donors (Lipinski definition) is 1. The molecule has 0 saturated carbocycles. The number of aliphatic carboxylic acids is 1. The highest BCUT2D eigenvalue weighted by Crippen LogP contribution is 2.31. The summed E-state index contributed by atoms with van der Waals surface area (Å²) < 4.78 is 40.1. The maximum Gasteiger partial charge on any atom is 0.303 e. The molecular formula is C26H20F2O4. The Kier molecular flexibility index (Phi) is 6.31. The van der Waals surface area contributed by atoms with Crippen molar-refractivity contribution in [2.45, 2.75) is 19.4 Å². The van der Waals surface area contributed by atoms with Crippen LogP contribution in [0.1, 0.15) is 17.5 Å². The molecule has 0 aliphatic carbocycles. The van der Waals surface area contributed by atoms with Gasteiger partial charge in [-0.3, -0.25) is 4.79 Å². The van der Waals surface area contributed by atoms with Gasteiger partial charge in [-0.1, -0.05) is 48.5 Å². The number of rotatable bonds is 8. The van der Waals surface area contributed by atoms with Gasteiger partial charge in [0.25, 0.3) is 0 Å². The molecule has 162 valence electrons. The van der Waals surface area contributed by atoms with Crippen LogP contribution in [0.25, 0.3) is 10.8 Å². The number of fused-ring (bicyclic) bond motifs is 1. The molecule has 0 amide bonds. The molecule has 0 aliphatic rings. The summed E-state index contributed by atoms with van der Waals surface area (Å²) in [6.45, 7) is -0.0605. The molecule has 0 fully saturated rings. The van der Waals surface area contributed by atoms with E-state index in [-0.39, 0.29) is 25.0 Å². The van der Waals surface area contributed by atoms with Crippen LogP contribution in [0.3, 0.4) is 0 Å². The summed E-state index contributed by atoms with van der Waals surface area (Å²) in [5, 5.41) is 10.8. The van der Waals surface area contributed by atoms with E-state index in [0.717, 1.165) is 22.9 Å². The number of benzene rings is 4. The molecule has 4 rings (SSSR count). The van der Waals surface area contributed by atoms with Crippen molar-refractivity contribution in [2.75, 3.05) is 0 Å². The Labute approximate surface area is 183 Å². The number of ether oxygens (including phenoxy) is 2. The van der Waals surface area contributed by atoms with Crippen LogP contribution in [-0.4, -0.2) is 11.1 Å². The van der Waals surface area contributed by atoms with Crippen molar-refractivity contribution in [1.82, 2.24) is 0 Å². The first kappa shape index (κ1) is 21.3. The Hall–Kier alpha value is -3.93.